The van der Waals surface area contributed by atoms with Gasteiger partial charge in [-0.3, -0.25) is 0 Å². The number of halogens is 2. The van der Waals surface area contributed by atoms with Crippen LogP contribution in [-0.2, 0) is 16.4 Å². The molecule has 1 fully saturated rings. The van der Waals surface area contributed by atoms with E-state index in [0.717, 1.165) is 16.4 Å². The minimum absolute atomic E-state index is 0.0684. The standard InChI is InChI=1S/C23H25Cl2N3O5S2/c1-31-19-11-15(12-20(32-2)22(19)33-3)10-17-14-34-23(26-17)27-6-8-28(9-7-27)35(29,30)21-5-4-16(24)13-18(21)25/h4-5,11-14H,6-10H2,1-3H3. The molecule has 3 aromatic rings. The zero-order valence-electron chi connectivity index (χ0n) is 19.5. The summed E-state index contributed by atoms with van der Waals surface area (Å²) in [5, 5.41) is 3.38. The number of thiazole rings is 1. The number of rotatable bonds is 8. The highest BCUT2D eigenvalue weighted by atomic mass is 35.5. The first kappa shape index (κ1) is 25.8. The van der Waals surface area contributed by atoms with Crippen LogP contribution < -0.4 is 19.1 Å². The lowest BCUT2D eigenvalue weighted by Crippen LogP contribution is -2.48. The highest BCUT2D eigenvalue weighted by Gasteiger charge is 2.31. The van der Waals surface area contributed by atoms with Crippen LogP contribution in [0.2, 0.25) is 10.0 Å². The lowest BCUT2D eigenvalue weighted by Gasteiger charge is -2.33. The molecule has 0 N–H and O–H groups in total. The number of anilines is 1. The van der Waals surface area contributed by atoms with E-state index in [1.165, 1.54) is 33.8 Å². The molecule has 188 valence electrons. The number of methoxy groups -OCH3 is 3. The lowest BCUT2D eigenvalue weighted by atomic mass is 10.1. The maximum absolute atomic E-state index is 13.1. The highest BCUT2D eigenvalue weighted by molar-refractivity contribution is 7.89. The predicted octanol–water partition coefficient (Wildman–Crippen LogP) is 4.58. The summed E-state index contributed by atoms with van der Waals surface area (Å²) in [7, 11) is 1.04. The van der Waals surface area contributed by atoms with Gasteiger partial charge in [-0.2, -0.15) is 4.31 Å². The summed E-state index contributed by atoms with van der Waals surface area (Å²) in [6.07, 6.45) is 0.594. The summed E-state index contributed by atoms with van der Waals surface area (Å²) >= 11 is 13.6. The largest absolute Gasteiger partial charge is 0.493 e. The van der Waals surface area contributed by atoms with Gasteiger partial charge in [0.05, 0.1) is 32.0 Å². The normalized spacial score (nSPS) is 14.7. The Labute approximate surface area is 219 Å². The average Bonchev–Trinajstić information content (AvgIpc) is 3.31. The van der Waals surface area contributed by atoms with Gasteiger partial charge in [0.15, 0.2) is 16.6 Å². The van der Waals surface area contributed by atoms with E-state index in [1.54, 1.807) is 21.3 Å². The van der Waals surface area contributed by atoms with Crippen molar-refractivity contribution in [3.63, 3.8) is 0 Å². The van der Waals surface area contributed by atoms with Gasteiger partial charge in [-0.15, -0.1) is 11.3 Å². The smallest absolute Gasteiger partial charge is 0.244 e. The fraction of sp³-hybridized carbons (Fsp3) is 0.348. The van der Waals surface area contributed by atoms with E-state index in [2.05, 4.69) is 4.90 Å². The van der Waals surface area contributed by atoms with Crippen molar-refractivity contribution >= 4 is 49.7 Å². The SMILES string of the molecule is COc1cc(Cc2csc(N3CCN(S(=O)(=O)c4ccc(Cl)cc4Cl)CC3)n2)cc(OC)c1OC. The molecule has 0 spiro atoms. The molecule has 1 aliphatic rings. The van der Waals surface area contributed by atoms with Crippen LogP contribution in [0, 0.1) is 0 Å². The fourth-order valence-corrected chi connectivity index (χ4v) is 6.96. The fourth-order valence-electron chi connectivity index (χ4n) is 3.91. The van der Waals surface area contributed by atoms with Crippen molar-refractivity contribution in [3.05, 3.63) is 57.0 Å². The molecule has 8 nitrogen and oxygen atoms in total. The average molecular weight is 559 g/mol. The Hall–Kier alpha value is -2.24. The molecule has 0 aliphatic carbocycles. The molecule has 1 saturated heterocycles. The van der Waals surface area contributed by atoms with Crippen molar-refractivity contribution in [1.82, 2.24) is 9.29 Å². The Balaban J connectivity index is 1.44. The van der Waals surface area contributed by atoms with Gasteiger partial charge in [0.1, 0.15) is 4.90 Å². The van der Waals surface area contributed by atoms with E-state index in [1.807, 2.05) is 17.5 Å². The number of hydrogen-bond donors (Lipinski definition) is 0. The van der Waals surface area contributed by atoms with Crippen LogP contribution in [0.15, 0.2) is 40.6 Å². The van der Waals surface area contributed by atoms with Gasteiger partial charge in [-0.1, -0.05) is 23.2 Å². The van der Waals surface area contributed by atoms with Crippen LogP contribution in [0.3, 0.4) is 0 Å². The highest BCUT2D eigenvalue weighted by Crippen LogP contribution is 2.39. The number of nitrogens with zero attached hydrogens (tertiary/aromatic N) is 3. The molecule has 1 aromatic heterocycles. The van der Waals surface area contributed by atoms with Crippen molar-refractivity contribution in [3.8, 4) is 17.2 Å². The quantitative estimate of drug-likeness (QED) is 0.401. The first-order valence-electron chi connectivity index (χ1n) is 10.7. The summed E-state index contributed by atoms with van der Waals surface area (Å²) in [6.45, 7) is 1.73. The van der Waals surface area contributed by atoms with Crippen LogP contribution in [0.1, 0.15) is 11.3 Å². The molecule has 2 heterocycles. The Morgan fingerprint density at radius 1 is 0.971 bits per heavy atom. The minimum Gasteiger partial charge on any atom is -0.493 e. The number of piperazine rings is 1. The maximum atomic E-state index is 13.1. The summed E-state index contributed by atoms with van der Waals surface area (Å²) in [6, 6.07) is 8.24. The Morgan fingerprint density at radius 2 is 1.63 bits per heavy atom. The van der Waals surface area contributed by atoms with Crippen LogP contribution in [0.5, 0.6) is 17.2 Å². The molecule has 12 heteroatoms. The molecule has 0 bridgehead atoms. The van der Waals surface area contributed by atoms with E-state index in [0.29, 0.717) is 54.9 Å². The molecule has 0 amide bonds. The molecule has 1 aliphatic heterocycles. The molecule has 0 saturated carbocycles. The molecule has 35 heavy (non-hydrogen) atoms. The number of aromatic nitrogens is 1. The van der Waals surface area contributed by atoms with Crippen LogP contribution >= 0.6 is 34.5 Å². The Bertz CT molecular complexity index is 1280. The Kier molecular flexibility index (Phi) is 7.97. The number of ether oxygens (including phenoxy) is 3. The molecular formula is C23H25Cl2N3O5S2. The van der Waals surface area contributed by atoms with E-state index in [4.69, 9.17) is 42.4 Å². The van der Waals surface area contributed by atoms with Crippen molar-refractivity contribution in [2.24, 2.45) is 0 Å². The van der Waals surface area contributed by atoms with Gasteiger partial charge >= 0.3 is 0 Å². The van der Waals surface area contributed by atoms with Gasteiger partial charge in [0, 0.05) is 43.0 Å². The van der Waals surface area contributed by atoms with Gasteiger partial charge in [-0.05, 0) is 35.9 Å². The van der Waals surface area contributed by atoms with E-state index < -0.39 is 10.0 Å². The van der Waals surface area contributed by atoms with Crippen molar-refractivity contribution in [2.75, 3.05) is 52.4 Å². The predicted molar refractivity (Wildman–Crippen MR) is 138 cm³/mol. The molecule has 0 unspecified atom stereocenters. The molecule has 4 rings (SSSR count). The third-order valence-corrected chi connectivity index (χ3v) is 9.24. The first-order chi connectivity index (χ1) is 16.8. The maximum Gasteiger partial charge on any atom is 0.244 e. The summed E-state index contributed by atoms with van der Waals surface area (Å²) < 4.78 is 43.8. The third kappa shape index (κ3) is 5.46. The summed E-state index contributed by atoms with van der Waals surface area (Å²) in [5.74, 6) is 1.73. The van der Waals surface area contributed by atoms with E-state index in [-0.39, 0.29) is 9.92 Å². The second-order valence-electron chi connectivity index (χ2n) is 7.80. The van der Waals surface area contributed by atoms with Gasteiger partial charge in [0.2, 0.25) is 15.8 Å². The Morgan fingerprint density at radius 3 is 2.20 bits per heavy atom. The summed E-state index contributed by atoms with van der Waals surface area (Å²) in [5.41, 5.74) is 1.88. The van der Waals surface area contributed by atoms with E-state index >= 15 is 0 Å². The van der Waals surface area contributed by atoms with Gasteiger partial charge in [-0.25, -0.2) is 13.4 Å². The number of benzene rings is 2. The molecule has 2 aromatic carbocycles. The van der Waals surface area contributed by atoms with Crippen molar-refractivity contribution in [2.45, 2.75) is 11.3 Å². The zero-order chi connectivity index (χ0) is 25.2. The van der Waals surface area contributed by atoms with E-state index in [9.17, 15) is 8.42 Å². The monoisotopic (exact) mass is 557 g/mol. The molecule has 0 radical (unpaired) electrons. The second kappa shape index (κ2) is 10.8. The lowest BCUT2D eigenvalue weighted by molar-refractivity contribution is 0.324. The van der Waals surface area contributed by atoms with Crippen molar-refractivity contribution in [1.29, 1.82) is 0 Å². The molecule has 0 atom stereocenters. The number of sulfonamides is 1. The van der Waals surface area contributed by atoms with Crippen LogP contribution in [-0.4, -0.2) is 65.2 Å². The third-order valence-electron chi connectivity index (χ3n) is 5.67. The molecular weight excluding hydrogens is 533 g/mol. The van der Waals surface area contributed by atoms with Crippen LogP contribution in [0.25, 0.3) is 0 Å². The topological polar surface area (TPSA) is 81.2 Å². The second-order valence-corrected chi connectivity index (χ2v) is 11.4. The van der Waals surface area contributed by atoms with Gasteiger partial charge < -0.3 is 19.1 Å². The van der Waals surface area contributed by atoms with Crippen LogP contribution in [0.4, 0.5) is 5.13 Å². The number of hydrogen-bond acceptors (Lipinski definition) is 8. The van der Waals surface area contributed by atoms with Crippen molar-refractivity contribution < 1.29 is 22.6 Å². The zero-order valence-corrected chi connectivity index (χ0v) is 22.6. The first-order valence-corrected chi connectivity index (χ1v) is 13.8. The minimum atomic E-state index is -3.70. The summed E-state index contributed by atoms with van der Waals surface area (Å²) in [4.78, 5) is 6.94. The van der Waals surface area contributed by atoms with Gasteiger partial charge in [0.25, 0.3) is 0 Å².